The molecule has 0 aliphatic rings. The molecular formula is C16H11F4N3. The average Bonchev–Trinajstić information content (AvgIpc) is 2.50. The van der Waals surface area contributed by atoms with Gasteiger partial charge in [-0.1, -0.05) is 18.2 Å². The number of nitrogens with zero attached hydrogens (tertiary/aromatic N) is 2. The highest BCUT2D eigenvalue weighted by molar-refractivity contribution is 5.90. The summed E-state index contributed by atoms with van der Waals surface area (Å²) in [4.78, 5) is 7.04. The maximum Gasteiger partial charge on any atom is 0.451 e. The molecule has 0 fully saturated rings. The Morgan fingerprint density at radius 3 is 2.48 bits per heavy atom. The molecule has 118 valence electrons. The molecule has 3 nitrogen and oxygen atoms in total. The predicted octanol–water partition coefficient (Wildman–Crippen LogP) is 4.84. The molecule has 1 aromatic heterocycles. The largest absolute Gasteiger partial charge is 0.451 e. The third kappa shape index (κ3) is 3.08. The first kappa shape index (κ1) is 15.2. The molecule has 0 unspecified atom stereocenters. The minimum absolute atomic E-state index is 0.0574. The van der Waals surface area contributed by atoms with E-state index in [1.165, 1.54) is 18.2 Å². The zero-order valence-electron chi connectivity index (χ0n) is 11.9. The van der Waals surface area contributed by atoms with Gasteiger partial charge in [-0.15, -0.1) is 0 Å². The molecule has 0 saturated carbocycles. The van der Waals surface area contributed by atoms with Crippen molar-refractivity contribution in [3.63, 3.8) is 0 Å². The maximum atomic E-state index is 13.9. The molecule has 0 amide bonds. The molecule has 0 atom stereocenters. The van der Waals surface area contributed by atoms with E-state index in [-0.39, 0.29) is 17.0 Å². The number of rotatable bonds is 2. The van der Waals surface area contributed by atoms with Crippen molar-refractivity contribution in [2.75, 3.05) is 5.32 Å². The summed E-state index contributed by atoms with van der Waals surface area (Å²) >= 11 is 0. The lowest BCUT2D eigenvalue weighted by Crippen LogP contribution is -2.13. The lowest BCUT2D eigenvalue weighted by molar-refractivity contribution is -0.144. The van der Waals surface area contributed by atoms with Crippen LogP contribution in [-0.2, 0) is 6.18 Å². The molecule has 1 N–H and O–H groups in total. The van der Waals surface area contributed by atoms with Crippen molar-refractivity contribution < 1.29 is 17.6 Å². The maximum absolute atomic E-state index is 13.9. The van der Waals surface area contributed by atoms with Crippen LogP contribution in [0.15, 0.2) is 42.5 Å². The highest BCUT2D eigenvalue weighted by Crippen LogP contribution is 2.32. The number of aromatic nitrogens is 2. The third-order valence-corrected chi connectivity index (χ3v) is 3.23. The normalized spacial score (nSPS) is 11.7. The first-order valence-electron chi connectivity index (χ1n) is 6.72. The van der Waals surface area contributed by atoms with Crippen LogP contribution < -0.4 is 5.32 Å². The van der Waals surface area contributed by atoms with Crippen molar-refractivity contribution >= 4 is 22.4 Å². The molecule has 0 aliphatic carbocycles. The Kier molecular flexibility index (Phi) is 3.63. The summed E-state index contributed by atoms with van der Waals surface area (Å²) in [7, 11) is 0. The quantitative estimate of drug-likeness (QED) is 0.686. The number of benzene rings is 2. The van der Waals surface area contributed by atoms with Gasteiger partial charge in [0.05, 0.1) is 11.2 Å². The van der Waals surface area contributed by atoms with Crippen LogP contribution in [0.5, 0.6) is 0 Å². The summed E-state index contributed by atoms with van der Waals surface area (Å²) in [6, 6.07) is 10.6. The fourth-order valence-electron chi connectivity index (χ4n) is 2.16. The van der Waals surface area contributed by atoms with Gasteiger partial charge in [0.2, 0.25) is 5.82 Å². The first-order valence-corrected chi connectivity index (χ1v) is 6.72. The van der Waals surface area contributed by atoms with E-state index >= 15 is 0 Å². The lowest BCUT2D eigenvalue weighted by Gasteiger charge is -2.13. The van der Waals surface area contributed by atoms with Crippen LogP contribution in [0.1, 0.15) is 11.4 Å². The zero-order valence-corrected chi connectivity index (χ0v) is 11.9. The van der Waals surface area contributed by atoms with Gasteiger partial charge < -0.3 is 5.32 Å². The average molecular weight is 321 g/mol. The second-order valence-corrected chi connectivity index (χ2v) is 5.02. The van der Waals surface area contributed by atoms with Gasteiger partial charge in [0.25, 0.3) is 0 Å². The molecular weight excluding hydrogens is 310 g/mol. The van der Waals surface area contributed by atoms with E-state index in [1.54, 1.807) is 31.2 Å². The van der Waals surface area contributed by atoms with E-state index in [9.17, 15) is 17.6 Å². The monoisotopic (exact) mass is 321 g/mol. The summed E-state index contributed by atoms with van der Waals surface area (Å²) in [6.45, 7) is 1.75. The SMILES string of the molecule is Cc1ccc(F)c(Nc2nc(C(F)(F)F)nc3ccccc23)c1. The number of fused-ring (bicyclic) bond motifs is 1. The molecule has 0 radical (unpaired) electrons. The van der Waals surface area contributed by atoms with Crippen LogP contribution in [0.25, 0.3) is 10.9 Å². The van der Waals surface area contributed by atoms with Gasteiger partial charge in [0, 0.05) is 5.39 Å². The van der Waals surface area contributed by atoms with Crippen LogP contribution >= 0.6 is 0 Å². The van der Waals surface area contributed by atoms with E-state index in [0.717, 1.165) is 5.56 Å². The summed E-state index contributed by atoms with van der Waals surface area (Å²) in [5, 5.41) is 3.02. The second-order valence-electron chi connectivity index (χ2n) is 5.02. The summed E-state index contributed by atoms with van der Waals surface area (Å²) in [6.07, 6.45) is -4.69. The number of halogens is 4. The Bertz CT molecular complexity index is 875. The molecule has 3 rings (SSSR count). The minimum atomic E-state index is -4.69. The van der Waals surface area contributed by atoms with Crippen molar-refractivity contribution in [3.05, 3.63) is 59.7 Å². The fraction of sp³-hybridized carbons (Fsp3) is 0.125. The van der Waals surface area contributed by atoms with E-state index in [4.69, 9.17) is 0 Å². The molecule has 2 aromatic carbocycles. The van der Waals surface area contributed by atoms with Gasteiger partial charge in [-0.2, -0.15) is 13.2 Å². The number of hydrogen-bond donors (Lipinski definition) is 1. The fourth-order valence-corrected chi connectivity index (χ4v) is 2.16. The van der Waals surface area contributed by atoms with E-state index in [1.807, 2.05) is 0 Å². The minimum Gasteiger partial charge on any atom is -0.337 e. The van der Waals surface area contributed by atoms with Crippen molar-refractivity contribution in [3.8, 4) is 0 Å². The van der Waals surface area contributed by atoms with Crippen molar-refractivity contribution in [1.29, 1.82) is 0 Å². The molecule has 0 saturated heterocycles. The highest BCUT2D eigenvalue weighted by atomic mass is 19.4. The third-order valence-electron chi connectivity index (χ3n) is 3.23. The smallest absolute Gasteiger partial charge is 0.337 e. The lowest BCUT2D eigenvalue weighted by atomic mass is 10.2. The highest BCUT2D eigenvalue weighted by Gasteiger charge is 2.35. The van der Waals surface area contributed by atoms with Crippen LogP contribution in [0.3, 0.4) is 0 Å². The topological polar surface area (TPSA) is 37.8 Å². The first-order chi connectivity index (χ1) is 10.8. The van der Waals surface area contributed by atoms with Gasteiger partial charge in [-0.05, 0) is 36.8 Å². The number of alkyl halides is 3. The Morgan fingerprint density at radius 1 is 1.00 bits per heavy atom. The Labute approximate surface area is 129 Å². The van der Waals surface area contributed by atoms with Crippen LogP contribution in [0, 0.1) is 12.7 Å². The Balaban J connectivity index is 2.17. The summed E-state index contributed by atoms with van der Waals surface area (Å²) in [5.74, 6) is -1.94. The van der Waals surface area contributed by atoms with Crippen molar-refractivity contribution in [2.45, 2.75) is 13.1 Å². The summed E-state index contributed by atoms with van der Waals surface area (Å²) < 4.78 is 52.7. The standard InChI is InChI=1S/C16H11F4N3/c1-9-6-7-11(17)13(8-9)21-14-10-4-2-3-5-12(10)22-15(23-14)16(18,19)20/h2-8H,1H3,(H,21,22,23). The van der Waals surface area contributed by atoms with Gasteiger partial charge >= 0.3 is 6.18 Å². The Morgan fingerprint density at radius 2 is 1.74 bits per heavy atom. The molecule has 0 bridgehead atoms. The molecule has 1 heterocycles. The predicted molar refractivity (Wildman–Crippen MR) is 79.0 cm³/mol. The molecule has 7 heteroatoms. The molecule has 0 aliphatic heterocycles. The summed E-state index contributed by atoms with van der Waals surface area (Å²) in [5.41, 5.74) is 0.954. The van der Waals surface area contributed by atoms with Gasteiger partial charge in [-0.25, -0.2) is 14.4 Å². The van der Waals surface area contributed by atoms with Crippen LogP contribution in [0.2, 0.25) is 0 Å². The van der Waals surface area contributed by atoms with Gasteiger partial charge in [0.15, 0.2) is 0 Å². The van der Waals surface area contributed by atoms with Gasteiger partial charge in [-0.3, -0.25) is 0 Å². The van der Waals surface area contributed by atoms with Crippen molar-refractivity contribution in [1.82, 2.24) is 9.97 Å². The molecule has 23 heavy (non-hydrogen) atoms. The number of aryl methyl sites for hydroxylation is 1. The van der Waals surface area contributed by atoms with Crippen LogP contribution in [0.4, 0.5) is 29.1 Å². The van der Waals surface area contributed by atoms with E-state index in [2.05, 4.69) is 15.3 Å². The Hall–Kier alpha value is -2.70. The van der Waals surface area contributed by atoms with E-state index in [0.29, 0.717) is 5.39 Å². The number of nitrogens with one attached hydrogen (secondary N) is 1. The molecule has 0 spiro atoms. The number of hydrogen-bond acceptors (Lipinski definition) is 3. The van der Waals surface area contributed by atoms with Crippen molar-refractivity contribution in [2.24, 2.45) is 0 Å². The van der Waals surface area contributed by atoms with Crippen LogP contribution in [-0.4, -0.2) is 9.97 Å². The molecule has 3 aromatic rings. The number of anilines is 2. The number of para-hydroxylation sites is 1. The zero-order chi connectivity index (χ0) is 16.6. The van der Waals surface area contributed by atoms with E-state index < -0.39 is 17.8 Å². The second kappa shape index (κ2) is 5.49. The van der Waals surface area contributed by atoms with Gasteiger partial charge in [0.1, 0.15) is 11.6 Å².